The fraction of sp³-hybridized carbons (Fsp3) is 0.500. The molecule has 0 bridgehead atoms. The summed E-state index contributed by atoms with van der Waals surface area (Å²) in [6.07, 6.45) is 0.900. The topological polar surface area (TPSA) is 20.3 Å². The lowest BCUT2D eigenvalue weighted by Crippen LogP contribution is -2.28. The SMILES string of the molecule is CC(C)c1ccc(C(=O)N2CCC(Cl)C2)cc1. The van der Waals surface area contributed by atoms with Gasteiger partial charge in [0.15, 0.2) is 0 Å². The van der Waals surface area contributed by atoms with Crippen LogP contribution >= 0.6 is 11.6 Å². The molecule has 1 aromatic carbocycles. The minimum absolute atomic E-state index is 0.100. The summed E-state index contributed by atoms with van der Waals surface area (Å²) in [4.78, 5) is 14.0. The Morgan fingerprint density at radius 1 is 1.35 bits per heavy atom. The maximum Gasteiger partial charge on any atom is 0.253 e. The van der Waals surface area contributed by atoms with E-state index < -0.39 is 0 Å². The van der Waals surface area contributed by atoms with Crippen molar-refractivity contribution in [2.75, 3.05) is 13.1 Å². The Kier molecular flexibility index (Phi) is 3.72. The summed E-state index contributed by atoms with van der Waals surface area (Å²) in [5, 5.41) is 0.119. The van der Waals surface area contributed by atoms with Gasteiger partial charge in [-0.2, -0.15) is 0 Å². The van der Waals surface area contributed by atoms with Gasteiger partial charge >= 0.3 is 0 Å². The van der Waals surface area contributed by atoms with Crippen molar-refractivity contribution < 1.29 is 4.79 Å². The first-order valence-corrected chi connectivity index (χ1v) is 6.55. The van der Waals surface area contributed by atoms with Crippen LogP contribution in [-0.2, 0) is 0 Å². The van der Waals surface area contributed by atoms with Crippen molar-refractivity contribution in [2.45, 2.75) is 31.6 Å². The number of likely N-dealkylation sites (tertiary alicyclic amines) is 1. The van der Waals surface area contributed by atoms with Crippen molar-refractivity contribution in [1.82, 2.24) is 4.90 Å². The van der Waals surface area contributed by atoms with Gasteiger partial charge in [0.25, 0.3) is 5.91 Å². The van der Waals surface area contributed by atoms with Gasteiger partial charge in [0, 0.05) is 18.7 Å². The Bertz CT molecular complexity index is 399. The monoisotopic (exact) mass is 251 g/mol. The van der Waals surface area contributed by atoms with Crippen LogP contribution in [0.15, 0.2) is 24.3 Å². The summed E-state index contributed by atoms with van der Waals surface area (Å²) in [5.41, 5.74) is 2.03. The van der Waals surface area contributed by atoms with Crippen molar-refractivity contribution in [3.63, 3.8) is 0 Å². The first-order chi connectivity index (χ1) is 8.08. The lowest BCUT2D eigenvalue weighted by molar-refractivity contribution is 0.0793. The van der Waals surface area contributed by atoms with Gasteiger partial charge in [0.05, 0.1) is 5.38 Å². The summed E-state index contributed by atoms with van der Waals surface area (Å²) in [6, 6.07) is 7.90. The van der Waals surface area contributed by atoms with Crippen molar-refractivity contribution in [3.05, 3.63) is 35.4 Å². The molecular formula is C14H18ClNO. The lowest BCUT2D eigenvalue weighted by atomic mass is 10.0. The van der Waals surface area contributed by atoms with Gasteiger partial charge in [-0.25, -0.2) is 0 Å². The van der Waals surface area contributed by atoms with Crippen LogP contribution in [0.5, 0.6) is 0 Å². The molecule has 0 aromatic heterocycles. The molecular weight excluding hydrogens is 234 g/mol. The summed E-state index contributed by atoms with van der Waals surface area (Å²) < 4.78 is 0. The van der Waals surface area contributed by atoms with Gasteiger partial charge in [0.2, 0.25) is 0 Å². The molecule has 1 atom stereocenters. The quantitative estimate of drug-likeness (QED) is 0.739. The van der Waals surface area contributed by atoms with Crippen LogP contribution < -0.4 is 0 Å². The van der Waals surface area contributed by atoms with E-state index in [-0.39, 0.29) is 11.3 Å². The third kappa shape index (κ3) is 2.81. The Morgan fingerprint density at radius 3 is 2.47 bits per heavy atom. The Balaban J connectivity index is 2.09. The van der Waals surface area contributed by atoms with E-state index in [1.54, 1.807) is 0 Å². The molecule has 0 aliphatic carbocycles. The fourth-order valence-corrected chi connectivity index (χ4v) is 2.36. The minimum Gasteiger partial charge on any atom is -0.337 e. The molecule has 0 spiro atoms. The van der Waals surface area contributed by atoms with Crippen molar-refractivity contribution in [3.8, 4) is 0 Å². The van der Waals surface area contributed by atoms with Crippen LogP contribution in [0.25, 0.3) is 0 Å². The number of hydrogen-bond acceptors (Lipinski definition) is 1. The van der Waals surface area contributed by atoms with Gasteiger partial charge in [-0.05, 0) is 30.0 Å². The number of benzene rings is 1. The average Bonchev–Trinajstić information content (AvgIpc) is 2.75. The van der Waals surface area contributed by atoms with E-state index in [2.05, 4.69) is 13.8 Å². The molecule has 1 amide bonds. The summed E-state index contributed by atoms with van der Waals surface area (Å²) in [6.45, 7) is 5.75. The number of carbonyl (C=O) groups is 1. The van der Waals surface area contributed by atoms with Gasteiger partial charge in [0.1, 0.15) is 0 Å². The van der Waals surface area contributed by atoms with Crippen molar-refractivity contribution in [1.29, 1.82) is 0 Å². The number of halogens is 1. The highest BCUT2D eigenvalue weighted by Crippen LogP contribution is 2.19. The van der Waals surface area contributed by atoms with Gasteiger partial charge in [-0.3, -0.25) is 4.79 Å². The van der Waals surface area contributed by atoms with Crippen LogP contribution in [0.4, 0.5) is 0 Å². The highest BCUT2D eigenvalue weighted by atomic mass is 35.5. The third-order valence-electron chi connectivity index (χ3n) is 3.24. The van der Waals surface area contributed by atoms with E-state index in [0.717, 1.165) is 18.5 Å². The average molecular weight is 252 g/mol. The molecule has 3 heteroatoms. The van der Waals surface area contributed by atoms with E-state index in [1.807, 2.05) is 29.2 Å². The molecule has 2 rings (SSSR count). The zero-order valence-corrected chi connectivity index (χ0v) is 11.1. The minimum atomic E-state index is 0.100. The summed E-state index contributed by atoms with van der Waals surface area (Å²) in [5.74, 6) is 0.599. The molecule has 1 saturated heterocycles. The zero-order chi connectivity index (χ0) is 12.4. The molecule has 0 N–H and O–H groups in total. The fourth-order valence-electron chi connectivity index (χ4n) is 2.10. The molecule has 0 radical (unpaired) electrons. The molecule has 1 aromatic rings. The van der Waals surface area contributed by atoms with E-state index in [4.69, 9.17) is 11.6 Å². The second-order valence-electron chi connectivity index (χ2n) is 4.91. The van der Waals surface area contributed by atoms with Gasteiger partial charge in [-0.15, -0.1) is 11.6 Å². The molecule has 0 saturated carbocycles. The summed E-state index contributed by atoms with van der Waals surface area (Å²) in [7, 11) is 0. The first kappa shape index (κ1) is 12.4. The number of amides is 1. The second-order valence-corrected chi connectivity index (χ2v) is 5.53. The molecule has 1 heterocycles. The molecule has 1 unspecified atom stereocenters. The number of rotatable bonds is 2. The standard InChI is InChI=1S/C14H18ClNO/c1-10(2)11-3-5-12(6-4-11)14(17)16-8-7-13(15)9-16/h3-6,10,13H,7-9H2,1-2H3. The number of carbonyl (C=O) groups excluding carboxylic acids is 1. The molecule has 1 aliphatic heterocycles. The lowest BCUT2D eigenvalue weighted by Gasteiger charge is -2.16. The second kappa shape index (κ2) is 5.09. The van der Waals surface area contributed by atoms with Crippen LogP contribution in [0, 0.1) is 0 Å². The van der Waals surface area contributed by atoms with Crippen LogP contribution in [0.1, 0.15) is 42.1 Å². The van der Waals surface area contributed by atoms with E-state index in [1.165, 1.54) is 5.56 Å². The third-order valence-corrected chi connectivity index (χ3v) is 3.60. The molecule has 92 valence electrons. The largest absolute Gasteiger partial charge is 0.337 e. The highest BCUT2D eigenvalue weighted by Gasteiger charge is 2.25. The highest BCUT2D eigenvalue weighted by molar-refractivity contribution is 6.21. The van der Waals surface area contributed by atoms with Crippen LogP contribution in [0.2, 0.25) is 0 Å². The molecule has 17 heavy (non-hydrogen) atoms. The number of nitrogens with zero attached hydrogens (tertiary/aromatic N) is 1. The van der Waals surface area contributed by atoms with Gasteiger partial charge < -0.3 is 4.90 Å². The predicted octanol–water partition coefficient (Wildman–Crippen LogP) is 3.26. The van der Waals surface area contributed by atoms with E-state index in [9.17, 15) is 4.79 Å². The predicted molar refractivity (Wildman–Crippen MR) is 70.7 cm³/mol. The van der Waals surface area contributed by atoms with Gasteiger partial charge in [-0.1, -0.05) is 26.0 Å². The van der Waals surface area contributed by atoms with Crippen LogP contribution in [-0.4, -0.2) is 29.3 Å². The van der Waals surface area contributed by atoms with Crippen LogP contribution in [0.3, 0.4) is 0 Å². The smallest absolute Gasteiger partial charge is 0.253 e. The van der Waals surface area contributed by atoms with E-state index in [0.29, 0.717) is 12.5 Å². The number of alkyl halides is 1. The first-order valence-electron chi connectivity index (χ1n) is 6.11. The summed E-state index contributed by atoms with van der Waals surface area (Å²) >= 11 is 6.01. The van der Waals surface area contributed by atoms with Crippen molar-refractivity contribution >= 4 is 17.5 Å². The molecule has 1 aliphatic rings. The number of hydrogen-bond donors (Lipinski definition) is 0. The Labute approximate surface area is 108 Å². The molecule has 2 nitrogen and oxygen atoms in total. The Morgan fingerprint density at radius 2 is 2.00 bits per heavy atom. The Hall–Kier alpha value is -1.02. The normalized spacial score (nSPS) is 20.0. The maximum atomic E-state index is 12.1. The zero-order valence-electron chi connectivity index (χ0n) is 10.3. The maximum absolute atomic E-state index is 12.1. The molecule has 1 fully saturated rings. The van der Waals surface area contributed by atoms with Crippen molar-refractivity contribution in [2.24, 2.45) is 0 Å². The van der Waals surface area contributed by atoms with E-state index >= 15 is 0 Å².